The summed E-state index contributed by atoms with van der Waals surface area (Å²) in [5.41, 5.74) is 0.686. The van der Waals surface area contributed by atoms with Gasteiger partial charge in [-0.15, -0.1) is 0 Å². The van der Waals surface area contributed by atoms with Crippen molar-refractivity contribution < 1.29 is 14.1 Å². The number of urea groups is 1. The van der Waals surface area contributed by atoms with Gasteiger partial charge in [0.15, 0.2) is 0 Å². The number of nitrogens with one attached hydrogen (secondary N) is 2. The molecule has 1 heterocycles. The Hall–Kier alpha value is -3.22. The molecule has 2 aromatic carbocycles. The van der Waals surface area contributed by atoms with Crippen LogP contribution in [0.1, 0.15) is 17.2 Å². The summed E-state index contributed by atoms with van der Waals surface area (Å²) in [7, 11) is 0. The zero-order chi connectivity index (χ0) is 16.4. The van der Waals surface area contributed by atoms with E-state index in [-0.39, 0.29) is 11.4 Å². The van der Waals surface area contributed by atoms with E-state index < -0.39 is 22.8 Å². The lowest BCUT2D eigenvalue weighted by molar-refractivity contribution is -0.430. The van der Waals surface area contributed by atoms with Gasteiger partial charge >= 0.3 is 6.03 Å². The minimum Gasteiger partial charge on any atom is -0.321 e. The summed E-state index contributed by atoms with van der Waals surface area (Å²) in [4.78, 5) is 22.9. The molecular formula is C16H12FN3O3. The van der Waals surface area contributed by atoms with Crippen LogP contribution < -0.4 is 10.6 Å². The molecule has 0 fully saturated rings. The summed E-state index contributed by atoms with van der Waals surface area (Å²) in [5, 5.41) is 16.5. The van der Waals surface area contributed by atoms with Gasteiger partial charge in [-0.1, -0.05) is 42.5 Å². The molecular weight excluding hydrogens is 301 g/mol. The quantitative estimate of drug-likeness (QED) is 0.675. The summed E-state index contributed by atoms with van der Waals surface area (Å²) in [6.45, 7) is 0. The molecule has 1 aliphatic rings. The number of carbonyl (C=O) groups excluding carboxylic acids is 1. The second-order valence-electron chi connectivity index (χ2n) is 4.97. The van der Waals surface area contributed by atoms with Gasteiger partial charge in [-0.25, -0.2) is 9.18 Å². The van der Waals surface area contributed by atoms with Crippen molar-refractivity contribution in [3.8, 4) is 0 Å². The van der Waals surface area contributed by atoms with Crippen LogP contribution in [0.15, 0.2) is 60.3 Å². The number of hydrogen-bond donors (Lipinski definition) is 2. The van der Waals surface area contributed by atoms with Gasteiger partial charge in [0.2, 0.25) is 0 Å². The SMILES string of the molecule is O=C1NC(c2ccccc2)=C([N+](=O)[O-])[C@H](c2cccc(F)c2)N1. The van der Waals surface area contributed by atoms with Crippen molar-refractivity contribution in [1.29, 1.82) is 0 Å². The molecule has 0 spiro atoms. The number of halogens is 1. The Morgan fingerprint density at radius 3 is 2.48 bits per heavy atom. The number of nitrogens with zero attached hydrogens (tertiary/aromatic N) is 1. The second-order valence-corrected chi connectivity index (χ2v) is 4.97. The Morgan fingerprint density at radius 1 is 1.09 bits per heavy atom. The first-order chi connectivity index (χ1) is 11.1. The standard InChI is InChI=1S/C16H12FN3O3/c17-12-8-4-7-11(9-12)14-15(20(22)23)13(18-16(21)19-14)10-5-2-1-3-6-10/h1-9,14H,(H2,18,19,21)/t14-/m0/s1. The summed E-state index contributed by atoms with van der Waals surface area (Å²) in [5.74, 6) is -0.528. The molecule has 6 nitrogen and oxygen atoms in total. The highest BCUT2D eigenvalue weighted by molar-refractivity contribution is 5.89. The predicted octanol–water partition coefficient (Wildman–Crippen LogP) is 2.83. The molecule has 0 saturated carbocycles. The third kappa shape index (κ3) is 2.89. The summed E-state index contributed by atoms with van der Waals surface area (Å²) < 4.78 is 13.5. The normalized spacial score (nSPS) is 17.4. The molecule has 23 heavy (non-hydrogen) atoms. The lowest BCUT2D eigenvalue weighted by Crippen LogP contribution is -2.45. The molecule has 3 rings (SSSR count). The van der Waals surface area contributed by atoms with Gasteiger partial charge in [0.25, 0.3) is 5.70 Å². The molecule has 1 aliphatic heterocycles. The van der Waals surface area contributed by atoms with Crippen molar-refractivity contribution in [2.45, 2.75) is 6.04 Å². The van der Waals surface area contributed by atoms with E-state index in [1.54, 1.807) is 30.3 Å². The minimum atomic E-state index is -1.04. The third-order valence-corrected chi connectivity index (χ3v) is 3.48. The van der Waals surface area contributed by atoms with Crippen LogP contribution in [-0.2, 0) is 0 Å². The Balaban J connectivity index is 2.18. The molecule has 0 unspecified atom stereocenters. The largest absolute Gasteiger partial charge is 0.321 e. The molecule has 2 amide bonds. The first-order valence-electron chi connectivity index (χ1n) is 6.83. The lowest BCUT2D eigenvalue weighted by atomic mass is 9.98. The minimum absolute atomic E-state index is 0.105. The summed E-state index contributed by atoms with van der Waals surface area (Å²) in [6.07, 6.45) is 0. The zero-order valence-corrected chi connectivity index (χ0v) is 11.8. The van der Waals surface area contributed by atoms with Crippen molar-refractivity contribution in [3.63, 3.8) is 0 Å². The Labute approximate surface area is 130 Å². The second kappa shape index (κ2) is 5.88. The van der Waals surface area contributed by atoms with E-state index in [0.717, 1.165) is 0 Å². The van der Waals surface area contributed by atoms with E-state index in [1.165, 1.54) is 24.3 Å². The first-order valence-corrected chi connectivity index (χ1v) is 6.83. The van der Waals surface area contributed by atoms with E-state index in [4.69, 9.17) is 0 Å². The van der Waals surface area contributed by atoms with Gasteiger partial charge < -0.3 is 10.6 Å². The highest BCUT2D eigenvalue weighted by Gasteiger charge is 2.37. The predicted molar refractivity (Wildman–Crippen MR) is 81.2 cm³/mol. The number of hydrogen-bond acceptors (Lipinski definition) is 3. The third-order valence-electron chi connectivity index (χ3n) is 3.48. The van der Waals surface area contributed by atoms with Crippen LogP contribution in [0.5, 0.6) is 0 Å². The Kier molecular flexibility index (Phi) is 3.76. The average molecular weight is 313 g/mol. The average Bonchev–Trinajstić information content (AvgIpc) is 2.54. The van der Waals surface area contributed by atoms with Crippen molar-refractivity contribution >= 4 is 11.7 Å². The topological polar surface area (TPSA) is 84.3 Å². The fourth-order valence-corrected chi connectivity index (χ4v) is 2.51. The van der Waals surface area contributed by atoms with E-state index >= 15 is 0 Å². The van der Waals surface area contributed by atoms with E-state index in [9.17, 15) is 19.3 Å². The van der Waals surface area contributed by atoms with Crippen LogP contribution in [0.25, 0.3) is 5.70 Å². The van der Waals surface area contributed by atoms with Crippen molar-refractivity contribution in [1.82, 2.24) is 10.6 Å². The zero-order valence-electron chi connectivity index (χ0n) is 11.8. The fourth-order valence-electron chi connectivity index (χ4n) is 2.51. The van der Waals surface area contributed by atoms with Crippen LogP contribution in [0.4, 0.5) is 9.18 Å². The lowest BCUT2D eigenvalue weighted by Gasteiger charge is -2.25. The molecule has 2 aromatic rings. The van der Waals surface area contributed by atoms with Gasteiger partial charge in [0, 0.05) is 5.56 Å². The number of nitro groups is 1. The number of amides is 2. The van der Waals surface area contributed by atoms with Crippen LogP contribution >= 0.6 is 0 Å². The van der Waals surface area contributed by atoms with Crippen molar-refractivity contribution in [3.05, 3.63) is 87.4 Å². The first kappa shape index (κ1) is 14.7. The maximum Gasteiger partial charge on any atom is 0.320 e. The van der Waals surface area contributed by atoms with Crippen molar-refractivity contribution in [2.75, 3.05) is 0 Å². The molecule has 2 N–H and O–H groups in total. The number of carbonyl (C=O) groups is 1. The van der Waals surface area contributed by atoms with Crippen LogP contribution in [0.2, 0.25) is 0 Å². The summed E-state index contributed by atoms with van der Waals surface area (Å²) in [6, 6.07) is 12.3. The number of benzene rings is 2. The smallest absolute Gasteiger partial charge is 0.320 e. The highest BCUT2D eigenvalue weighted by atomic mass is 19.1. The number of rotatable bonds is 3. The maximum absolute atomic E-state index is 13.5. The van der Waals surface area contributed by atoms with Gasteiger partial charge in [-0.2, -0.15) is 0 Å². The molecule has 1 atom stereocenters. The van der Waals surface area contributed by atoms with Crippen LogP contribution in [0, 0.1) is 15.9 Å². The van der Waals surface area contributed by atoms with E-state index in [1.807, 2.05) is 0 Å². The molecule has 7 heteroatoms. The Bertz CT molecular complexity index is 805. The molecule has 116 valence electrons. The molecule has 0 saturated heterocycles. The molecule has 0 radical (unpaired) electrons. The molecule has 0 aromatic heterocycles. The van der Waals surface area contributed by atoms with E-state index in [0.29, 0.717) is 11.1 Å². The molecule has 0 bridgehead atoms. The van der Waals surface area contributed by atoms with E-state index in [2.05, 4.69) is 10.6 Å². The van der Waals surface area contributed by atoms with Crippen molar-refractivity contribution in [2.24, 2.45) is 0 Å². The van der Waals surface area contributed by atoms with Crippen LogP contribution in [-0.4, -0.2) is 11.0 Å². The summed E-state index contributed by atoms with van der Waals surface area (Å²) >= 11 is 0. The van der Waals surface area contributed by atoms with Gasteiger partial charge in [-0.05, 0) is 17.7 Å². The highest BCUT2D eigenvalue weighted by Crippen LogP contribution is 2.31. The van der Waals surface area contributed by atoms with Gasteiger partial charge in [0.05, 0.1) is 4.92 Å². The monoisotopic (exact) mass is 313 g/mol. The Morgan fingerprint density at radius 2 is 1.83 bits per heavy atom. The maximum atomic E-state index is 13.5. The van der Waals surface area contributed by atoms with Gasteiger partial charge in [-0.3, -0.25) is 10.1 Å². The fraction of sp³-hybridized carbons (Fsp3) is 0.0625. The molecule has 0 aliphatic carbocycles. The van der Waals surface area contributed by atoms with Gasteiger partial charge in [0.1, 0.15) is 17.6 Å². The van der Waals surface area contributed by atoms with Crippen LogP contribution in [0.3, 0.4) is 0 Å².